The van der Waals surface area contributed by atoms with Gasteiger partial charge in [0.25, 0.3) is 0 Å². The first-order valence-corrected chi connectivity index (χ1v) is 18.8. The van der Waals surface area contributed by atoms with E-state index in [9.17, 15) is 0 Å². The van der Waals surface area contributed by atoms with Crippen LogP contribution in [-0.2, 0) is 0 Å². The van der Waals surface area contributed by atoms with Crippen LogP contribution in [0.4, 0.5) is 0 Å². The maximum absolute atomic E-state index is 6.74. The van der Waals surface area contributed by atoms with Gasteiger partial charge in [-0.1, -0.05) is 115 Å². The van der Waals surface area contributed by atoms with Gasteiger partial charge in [-0.3, -0.25) is 0 Å². The Balaban J connectivity index is 1.05. The van der Waals surface area contributed by atoms with Gasteiger partial charge in [0.1, 0.15) is 5.58 Å². The molecule has 0 saturated carbocycles. The molecule has 0 amide bonds. The molecule has 0 aliphatic rings. The number of rotatable bonds is 3. The molecule has 12 aromatic rings. The predicted molar refractivity (Wildman–Crippen MR) is 225 cm³/mol. The summed E-state index contributed by atoms with van der Waals surface area (Å²) in [7, 11) is 0. The van der Waals surface area contributed by atoms with Crippen LogP contribution in [0.1, 0.15) is 0 Å². The van der Waals surface area contributed by atoms with Crippen LogP contribution in [0.15, 0.2) is 179 Å². The van der Waals surface area contributed by atoms with E-state index < -0.39 is 0 Å². The standard InChI is InChI=1S/C50H28O2S/c1-2-10-30-25-31(18-17-29(30)9-1)43-28-51-49-41(43)23-22-40-34-21-19-33(27-44(34)52-50(40)49)48-38-14-5-3-12-36(38)47(37-13-4-6-15-39(37)48)32-20-24-46-42(26-32)35-11-7-8-16-45(35)53-46/h1-28H. The van der Waals surface area contributed by atoms with Crippen LogP contribution in [0.2, 0.25) is 0 Å². The van der Waals surface area contributed by atoms with E-state index in [0.717, 1.165) is 49.6 Å². The van der Waals surface area contributed by atoms with Crippen LogP contribution in [0, 0.1) is 0 Å². The van der Waals surface area contributed by atoms with E-state index >= 15 is 0 Å². The van der Waals surface area contributed by atoms with Crippen LogP contribution in [-0.4, -0.2) is 0 Å². The normalized spacial score (nSPS) is 12.2. The molecule has 246 valence electrons. The average Bonchev–Trinajstić information content (AvgIpc) is 3.92. The fourth-order valence-corrected chi connectivity index (χ4v) is 9.78. The van der Waals surface area contributed by atoms with Gasteiger partial charge in [0.2, 0.25) is 0 Å². The summed E-state index contributed by atoms with van der Waals surface area (Å²) in [5, 5.41) is 13.2. The van der Waals surface area contributed by atoms with Crippen molar-refractivity contribution in [2.24, 2.45) is 0 Å². The second kappa shape index (κ2) is 10.9. The lowest BCUT2D eigenvalue weighted by Crippen LogP contribution is -1.90. The van der Waals surface area contributed by atoms with Gasteiger partial charge >= 0.3 is 0 Å². The largest absolute Gasteiger partial charge is 0.460 e. The Morgan fingerprint density at radius 2 is 0.943 bits per heavy atom. The molecule has 0 aliphatic carbocycles. The molecule has 0 bridgehead atoms. The van der Waals surface area contributed by atoms with Crippen LogP contribution >= 0.6 is 11.3 Å². The van der Waals surface area contributed by atoms with Gasteiger partial charge in [0.05, 0.1) is 6.26 Å². The Morgan fingerprint density at radius 3 is 1.72 bits per heavy atom. The molecule has 9 aromatic carbocycles. The Labute approximate surface area is 307 Å². The molecule has 0 unspecified atom stereocenters. The monoisotopic (exact) mass is 692 g/mol. The molecule has 12 rings (SSSR count). The highest BCUT2D eigenvalue weighted by atomic mass is 32.1. The third kappa shape index (κ3) is 4.20. The van der Waals surface area contributed by atoms with E-state index in [2.05, 4.69) is 164 Å². The van der Waals surface area contributed by atoms with Crippen molar-refractivity contribution in [3.05, 3.63) is 170 Å². The summed E-state index contributed by atoms with van der Waals surface area (Å²) in [5.74, 6) is 0. The van der Waals surface area contributed by atoms with E-state index in [0.29, 0.717) is 0 Å². The average molecular weight is 693 g/mol. The summed E-state index contributed by atoms with van der Waals surface area (Å²) in [6.07, 6.45) is 1.87. The molecule has 0 saturated heterocycles. The molecule has 53 heavy (non-hydrogen) atoms. The summed E-state index contributed by atoms with van der Waals surface area (Å²) in [6, 6.07) is 59.5. The van der Waals surface area contributed by atoms with Crippen LogP contribution in [0.5, 0.6) is 0 Å². The van der Waals surface area contributed by atoms with E-state index in [1.54, 1.807) is 0 Å². The molecule has 0 N–H and O–H groups in total. The van der Waals surface area contributed by atoms with Crippen molar-refractivity contribution >= 4 is 96.7 Å². The molecule has 3 heterocycles. The summed E-state index contributed by atoms with van der Waals surface area (Å²) in [6.45, 7) is 0. The van der Waals surface area contributed by atoms with Crippen molar-refractivity contribution in [1.82, 2.24) is 0 Å². The zero-order chi connectivity index (χ0) is 34.6. The summed E-state index contributed by atoms with van der Waals surface area (Å²) in [5.41, 5.74) is 9.45. The number of fused-ring (bicyclic) bond motifs is 11. The van der Waals surface area contributed by atoms with Crippen LogP contribution < -0.4 is 0 Å². The van der Waals surface area contributed by atoms with Gasteiger partial charge in [0.15, 0.2) is 11.2 Å². The molecule has 2 nitrogen and oxygen atoms in total. The first-order valence-electron chi connectivity index (χ1n) is 18.0. The molecule has 3 heteroatoms. The lowest BCUT2D eigenvalue weighted by molar-refractivity contribution is 0.600. The SMILES string of the molecule is c1ccc2cc(-c3coc4c3ccc3c5ccc(-c6c7ccccc7c(-c7ccc8sc9ccccc9c8c7)c7ccccc67)cc5oc34)ccc2c1. The van der Waals surface area contributed by atoms with Gasteiger partial charge in [-0.05, 0) is 109 Å². The summed E-state index contributed by atoms with van der Waals surface area (Å²) in [4.78, 5) is 0. The van der Waals surface area contributed by atoms with E-state index in [1.165, 1.54) is 69.2 Å². The third-order valence-corrected chi connectivity index (χ3v) is 12.3. The van der Waals surface area contributed by atoms with Crippen molar-refractivity contribution in [3.63, 3.8) is 0 Å². The minimum absolute atomic E-state index is 0.777. The number of thiophene rings is 1. The van der Waals surface area contributed by atoms with Crippen molar-refractivity contribution in [3.8, 4) is 33.4 Å². The topological polar surface area (TPSA) is 26.3 Å². The minimum atomic E-state index is 0.777. The maximum atomic E-state index is 6.74. The highest BCUT2D eigenvalue weighted by Gasteiger charge is 2.20. The molecular formula is C50H28O2S. The van der Waals surface area contributed by atoms with Gasteiger partial charge in [-0.25, -0.2) is 0 Å². The third-order valence-electron chi connectivity index (χ3n) is 11.1. The van der Waals surface area contributed by atoms with Gasteiger partial charge in [-0.15, -0.1) is 11.3 Å². The number of hydrogen-bond acceptors (Lipinski definition) is 3. The smallest absolute Gasteiger partial charge is 0.178 e. The van der Waals surface area contributed by atoms with Gasteiger partial charge < -0.3 is 8.83 Å². The Kier molecular flexibility index (Phi) is 5.96. The first-order chi connectivity index (χ1) is 26.3. The highest BCUT2D eigenvalue weighted by molar-refractivity contribution is 7.25. The molecule has 3 aromatic heterocycles. The number of hydrogen-bond donors (Lipinski definition) is 0. The van der Waals surface area contributed by atoms with Crippen molar-refractivity contribution < 1.29 is 8.83 Å². The van der Waals surface area contributed by atoms with E-state index in [-0.39, 0.29) is 0 Å². The highest BCUT2D eigenvalue weighted by Crippen LogP contribution is 2.47. The summed E-state index contributed by atoms with van der Waals surface area (Å²) >= 11 is 1.86. The Morgan fingerprint density at radius 1 is 0.358 bits per heavy atom. The molecular weight excluding hydrogens is 665 g/mol. The molecule has 0 radical (unpaired) electrons. The Hall–Kier alpha value is -6.68. The lowest BCUT2D eigenvalue weighted by atomic mass is 9.85. The fourth-order valence-electron chi connectivity index (χ4n) is 8.69. The molecule has 0 aliphatic heterocycles. The van der Waals surface area contributed by atoms with Crippen molar-refractivity contribution in [1.29, 1.82) is 0 Å². The first kappa shape index (κ1) is 29.0. The van der Waals surface area contributed by atoms with E-state index in [4.69, 9.17) is 8.83 Å². The minimum Gasteiger partial charge on any atom is -0.460 e. The zero-order valence-electron chi connectivity index (χ0n) is 28.4. The second-order valence-electron chi connectivity index (χ2n) is 14.0. The predicted octanol–water partition coefficient (Wildman–Crippen LogP) is 15.2. The maximum Gasteiger partial charge on any atom is 0.178 e. The van der Waals surface area contributed by atoms with E-state index in [1.807, 2.05) is 17.6 Å². The number of benzene rings is 9. The van der Waals surface area contributed by atoms with Crippen molar-refractivity contribution in [2.75, 3.05) is 0 Å². The molecule has 0 fully saturated rings. The Bertz CT molecular complexity index is 3410. The fraction of sp³-hybridized carbons (Fsp3) is 0. The van der Waals surface area contributed by atoms with Crippen molar-refractivity contribution in [2.45, 2.75) is 0 Å². The molecule has 0 atom stereocenters. The summed E-state index contributed by atoms with van der Waals surface area (Å²) < 4.78 is 15.7. The second-order valence-corrected chi connectivity index (χ2v) is 15.1. The lowest BCUT2D eigenvalue weighted by Gasteiger charge is -2.18. The zero-order valence-corrected chi connectivity index (χ0v) is 29.2. The van der Waals surface area contributed by atoms with Crippen LogP contribution in [0.25, 0.3) is 119 Å². The van der Waals surface area contributed by atoms with Crippen LogP contribution in [0.3, 0.4) is 0 Å². The molecule has 0 spiro atoms. The number of furan rings is 2. The van der Waals surface area contributed by atoms with Gasteiger partial charge in [0, 0.05) is 41.9 Å². The quantitative estimate of drug-likeness (QED) is 0.172. The van der Waals surface area contributed by atoms with Gasteiger partial charge in [-0.2, -0.15) is 0 Å².